The van der Waals surface area contributed by atoms with Crippen LogP contribution in [-0.2, 0) is 11.3 Å². The van der Waals surface area contributed by atoms with Crippen LogP contribution in [-0.4, -0.2) is 58.3 Å². The van der Waals surface area contributed by atoms with Crippen molar-refractivity contribution in [2.24, 2.45) is 11.8 Å². The smallest absolute Gasteiger partial charge is 0.252 e. The number of aromatic nitrogens is 3. The molecule has 7 nitrogen and oxygen atoms in total. The molecule has 0 spiro atoms. The standard InChI is InChI=1S/C17H21N5O2S/c1-11-16(25-10-19-11)8-22-6-14-13(9-24-15(14)7-22)4-18-17(23)12-2-3-20-21-5-12/h2-3,5,10,13-15H,4,6-9H2,1H3,(H,18,23)/t13-,14-,15-/m0/s1. The highest BCUT2D eigenvalue weighted by atomic mass is 32.1. The van der Waals surface area contributed by atoms with Gasteiger partial charge in [0.1, 0.15) is 0 Å². The van der Waals surface area contributed by atoms with E-state index >= 15 is 0 Å². The van der Waals surface area contributed by atoms with Gasteiger partial charge in [-0.25, -0.2) is 4.98 Å². The second-order valence-corrected chi connectivity index (χ2v) is 7.63. The number of carbonyl (C=O) groups excluding carboxylic acids is 1. The average Bonchev–Trinajstić information content (AvgIpc) is 3.31. The van der Waals surface area contributed by atoms with Crippen LogP contribution in [0.4, 0.5) is 0 Å². The Bertz CT molecular complexity index is 738. The van der Waals surface area contributed by atoms with E-state index < -0.39 is 0 Å². The molecule has 2 aromatic heterocycles. The first-order chi connectivity index (χ1) is 12.2. The highest BCUT2D eigenvalue weighted by molar-refractivity contribution is 7.09. The maximum atomic E-state index is 12.2. The van der Waals surface area contributed by atoms with Gasteiger partial charge in [0, 0.05) is 42.9 Å². The summed E-state index contributed by atoms with van der Waals surface area (Å²) in [5, 5.41) is 10.4. The van der Waals surface area contributed by atoms with Gasteiger partial charge in [0.05, 0.1) is 41.9 Å². The number of nitrogens with zero attached hydrogens (tertiary/aromatic N) is 4. The van der Waals surface area contributed by atoms with Crippen molar-refractivity contribution in [3.05, 3.63) is 40.1 Å². The average molecular weight is 359 g/mol. The molecule has 0 unspecified atom stereocenters. The lowest BCUT2D eigenvalue weighted by Crippen LogP contribution is -2.34. The van der Waals surface area contributed by atoms with E-state index in [1.54, 1.807) is 17.4 Å². The summed E-state index contributed by atoms with van der Waals surface area (Å²) in [6, 6.07) is 1.67. The van der Waals surface area contributed by atoms with Crippen molar-refractivity contribution in [2.45, 2.75) is 19.6 Å². The molecule has 2 aliphatic heterocycles. The SMILES string of the molecule is Cc1ncsc1CN1C[C@H]2[C@@H](CNC(=O)c3ccnnc3)CO[C@H]2C1. The lowest BCUT2D eigenvalue weighted by atomic mass is 9.93. The van der Waals surface area contributed by atoms with Gasteiger partial charge in [0.2, 0.25) is 0 Å². The van der Waals surface area contributed by atoms with Crippen LogP contribution in [0.25, 0.3) is 0 Å². The largest absolute Gasteiger partial charge is 0.376 e. The molecular weight excluding hydrogens is 338 g/mol. The molecule has 2 aromatic rings. The van der Waals surface area contributed by atoms with Gasteiger partial charge in [-0.1, -0.05) is 0 Å². The predicted molar refractivity (Wildman–Crippen MR) is 93.2 cm³/mol. The van der Waals surface area contributed by atoms with Crippen molar-refractivity contribution in [1.82, 2.24) is 25.4 Å². The van der Waals surface area contributed by atoms with Gasteiger partial charge in [-0.2, -0.15) is 10.2 Å². The minimum absolute atomic E-state index is 0.103. The van der Waals surface area contributed by atoms with E-state index in [-0.39, 0.29) is 12.0 Å². The Morgan fingerprint density at radius 2 is 2.36 bits per heavy atom. The molecule has 0 radical (unpaired) electrons. The highest BCUT2D eigenvalue weighted by Gasteiger charge is 2.43. The zero-order valence-electron chi connectivity index (χ0n) is 14.1. The number of nitrogens with one attached hydrogen (secondary N) is 1. The molecule has 2 fully saturated rings. The van der Waals surface area contributed by atoms with Gasteiger partial charge in [-0.3, -0.25) is 9.69 Å². The van der Waals surface area contributed by atoms with Gasteiger partial charge in [-0.05, 0) is 13.0 Å². The van der Waals surface area contributed by atoms with Crippen LogP contribution in [0.5, 0.6) is 0 Å². The Kier molecular flexibility index (Phi) is 4.74. The first-order valence-corrected chi connectivity index (χ1v) is 9.36. The number of likely N-dealkylation sites (tertiary alicyclic amines) is 1. The number of ether oxygens (including phenoxy) is 1. The van der Waals surface area contributed by atoms with Crippen molar-refractivity contribution in [3.8, 4) is 0 Å². The van der Waals surface area contributed by atoms with Crippen LogP contribution in [0.2, 0.25) is 0 Å². The number of carbonyl (C=O) groups is 1. The molecule has 4 heterocycles. The van der Waals surface area contributed by atoms with E-state index in [9.17, 15) is 4.79 Å². The zero-order valence-corrected chi connectivity index (χ0v) is 14.9. The quantitative estimate of drug-likeness (QED) is 0.862. The second-order valence-electron chi connectivity index (χ2n) is 6.69. The summed E-state index contributed by atoms with van der Waals surface area (Å²) in [5.41, 5.74) is 3.57. The number of aryl methyl sites for hydroxylation is 1. The molecule has 2 aliphatic rings. The Morgan fingerprint density at radius 1 is 1.44 bits per heavy atom. The Labute approximate surface area is 150 Å². The van der Waals surface area contributed by atoms with E-state index in [0.29, 0.717) is 23.9 Å². The third-order valence-electron chi connectivity index (χ3n) is 5.10. The number of amides is 1. The molecule has 4 rings (SSSR count). The molecule has 8 heteroatoms. The van der Waals surface area contributed by atoms with Gasteiger partial charge < -0.3 is 10.1 Å². The van der Waals surface area contributed by atoms with Gasteiger partial charge in [-0.15, -0.1) is 11.3 Å². The van der Waals surface area contributed by atoms with Crippen molar-refractivity contribution in [3.63, 3.8) is 0 Å². The van der Waals surface area contributed by atoms with E-state index in [0.717, 1.165) is 31.9 Å². The summed E-state index contributed by atoms with van der Waals surface area (Å²) in [5.74, 6) is 0.730. The lowest BCUT2D eigenvalue weighted by Gasteiger charge is -2.19. The molecule has 0 bridgehead atoms. The van der Waals surface area contributed by atoms with Crippen molar-refractivity contribution < 1.29 is 9.53 Å². The van der Waals surface area contributed by atoms with Gasteiger partial charge >= 0.3 is 0 Å². The molecule has 3 atom stereocenters. The minimum atomic E-state index is -0.103. The van der Waals surface area contributed by atoms with E-state index in [2.05, 4.69) is 32.3 Å². The lowest BCUT2D eigenvalue weighted by molar-refractivity contribution is 0.0904. The third-order valence-corrected chi connectivity index (χ3v) is 6.02. The molecule has 132 valence electrons. The van der Waals surface area contributed by atoms with E-state index in [1.807, 2.05) is 5.51 Å². The predicted octanol–water partition coefficient (Wildman–Crippen LogP) is 1.12. The molecule has 25 heavy (non-hydrogen) atoms. The minimum Gasteiger partial charge on any atom is -0.376 e. The fraction of sp³-hybridized carbons (Fsp3) is 0.529. The fourth-order valence-electron chi connectivity index (χ4n) is 3.65. The second kappa shape index (κ2) is 7.15. The summed E-state index contributed by atoms with van der Waals surface area (Å²) in [6.45, 7) is 6.33. The van der Waals surface area contributed by atoms with Crippen LogP contribution in [0.15, 0.2) is 24.0 Å². The van der Waals surface area contributed by atoms with Crippen LogP contribution in [0.1, 0.15) is 20.9 Å². The summed E-state index contributed by atoms with van der Waals surface area (Å²) in [7, 11) is 0. The first kappa shape index (κ1) is 16.6. The van der Waals surface area contributed by atoms with Crippen LogP contribution >= 0.6 is 11.3 Å². The van der Waals surface area contributed by atoms with E-state index in [1.165, 1.54) is 17.3 Å². The summed E-state index contributed by atoms with van der Waals surface area (Å²) in [4.78, 5) is 20.3. The number of hydrogen-bond donors (Lipinski definition) is 1. The number of thiazole rings is 1. The normalized spacial score (nSPS) is 25.9. The molecule has 0 aliphatic carbocycles. The topological polar surface area (TPSA) is 80.2 Å². The Morgan fingerprint density at radius 3 is 3.12 bits per heavy atom. The van der Waals surface area contributed by atoms with Crippen molar-refractivity contribution in [2.75, 3.05) is 26.2 Å². The Hall–Kier alpha value is -1.90. The number of fused-ring (bicyclic) bond motifs is 1. The number of hydrogen-bond acceptors (Lipinski definition) is 7. The van der Waals surface area contributed by atoms with Crippen LogP contribution in [0.3, 0.4) is 0 Å². The van der Waals surface area contributed by atoms with Gasteiger partial charge in [0.25, 0.3) is 5.91 Å². The van der Waals surface area contributed by atoms with Crippen molar-refractivity contribution in [1.29, 1.82) is 0 Å². The molecule has 0 saturated carbocycles. The summed E-state index contributed by atoms with van der Waals surface area (Å²) < 4.78 is 5.98. The van der Waals surface area contributed by atoms with Crippen LogP contribution in [0, 0.1) is 18.8 Å². The molecular formula is C17H21N5O2S. The molecule has 2 saturated heterocycles. The highest BCUT2D eigenvalue weighted by Crippen LogP contribution is 2.34. The monoisotopic (exact) mass is 359 g/mol. The number of rotatable bonds is 5. The summed E-state index contributed by atoms with van der Waals surface area (Å²) in [6.07, 6.45) is 3.29. The maximum Gasteiger partial charge on any atom is 0.252 e. The molecule has 1 N–H and O–H groups in total. The van der Waals surface area contributed by atoms with Gasteiger partial charge in [0.15, 0.2) is 0 Å². The maximum absolute atomic E-state index is 12.2. The van der Waals surface area contributed by atoms with E-state index in [4.69, 9.17) is 4.74 Å². The zero-order chi connectivity index (χ0) is 17.2. The molecule has 1 amide bonds. The first-order valence-electron chi connectivity index (χ1n) is 8.48. The fourth-order valence-corrected chi connectivity index (χ4v) is 4.47. The third kappa shape index (κ3) is 3.56. The van der Waals surface area contributed by atoms with Crippen molar-refractivity contribution >= 4 is 17.2 Å². The molecule has 0 aromatic carbocycles. The summed E-state index contributed by atoms with van der Waals surface area (Å²) >= 11 is 1.72. The Balaban J connectivity index is 1.31. The van der Waals surface area contributed by atoms with Crippen LogP contribution < -0.4 is 5.32 Å².